The first-order valence-electron chi connectivity index (χ1n) is 4.99. The molecular formula is C10H22N2O. The van der Waals surface area contributed by atoms with Gasteiger partial charge in [0, 0.05) is 24.0 Å². The predicted octanol–water partition coefficient (Wildman–Crippen LogP) is 0.690. The van der Waals surface area contributed by atoms with Gasteiger partial charge in [0.2, 0.25) is 0 Å². The van der Waals surface area contributed by atoms with Crippen LogP contribution in [0.3, 0.4) is 0 Å². The molecule has 0 amide bonds. The molecule has 0 aliphatic carbocycles. The molecule has 2 atom stereocenters. The highest BCUT2D eigenvalue weighted by molar-refractivity contribution is 4.92. The highest BCUT2D eigenvalue weighted by Crippen LogP contribution is 2.28. The van der Waals surface area contributed by atoms with Gasteiger partial charge in [-0.05, 0) is 20.9 Å². The van der Waals surface area contributed by atoms with E-state index in [0.29, 0.717) is 12.6 Å². The summed E-state index contributed by atoms with van der Waals surface area (Å²) in [5, 5.41) is 0. The lowest BCUT2D eigenvalue weighted by Gasteiger charge is -2.33. The first-order chi connectivity index (χ1) is 5.96. The number of ether oxygens (including phenoxy) is 1. The quantitative estimate of drug-likeness (QED) is 0.705. The second kappa shape index (κ2) is 3.95. The number of hydrogen-bond acceptors (Lipinski definition) is 3. The van der Waals surface area contributed by atoms with Crippen molar-refractivity contribution in [3.05, 3.63) is 0 Å². The second-order valence-electron chi connectivity index (χ2n) is 4.78. The van der Waals surface area contributed by atoms with Crippen molar-refractivity contribution in [2.24, 2.45) is 11.1 Å². The summed E-state index contributed by atoms with van der Waals surface area (Å²) in [5.41, 5.74) is 6.15. The molecule has 0 saturated carbocycles. The van der Waals surface area contributed by atoms with Gasteiger partial charge in [-0.2, -0.15) is 0 Å². The van der Waals surface area contributed by atoms with E-state index in [4.69, 9.17) is 10.5 Å². The minimum absolute atomic E-state index is 0.138. The summed E-state index contributed by atoms with van der Waals surface area (Å²) in [5.74, 6) is 0. The Hall–Kier alpha value is -0.120. The summed E-state index contributed by atoms with van der Waals surface area (Å²) in [6, 6.07) is 0.762. The Kier molecular flexibility index (Phi) is 3.33. The van der Waals surface area contributed by atoms with E-state index in [0.717, 1.165) is 13.2 Å². The van der Waals surface area contributed by atoms with Crippen molar-refractivity contribution < 1.29 is 4.74 Å². The van der Waals surface area contributed by atoms with Crippen molar-refractivity contribution in [3.63, 3.8) is 0 Å². The fourth-order valence-corrected chi connectivity index (χ4v) is 1.64. The molecule has 1 aliphatic rings. The summed E-state index contributed by atoms with van der Waals surface area (Å²) in [6.07, 6.45) is 0. The molecule has 13 heavy (non-hydrogen) atoms. The van der Waals surface area contributed by atoms with Gasteiger partial charge in [-0.1, -0.05) is 6.92 Å². The van der Waals surface area contributed by atoms with E-state index in [9.17, 15) is 0 Å². The van der Waals surface area contributed by atoms with Crippen molar-refractivity contribution in [2.45, 2.75) is 32.9 Å². The van der Waals surface area contributed by atoms with Gasteiger partial charge < -0.3 is 15.4 Å². The standard InChI is InChI=1S/C10H22N2O/c1-8(2)12(4)6-10(3)7-13-5-9(10)11/h8-9H,5-7,11H2,1-4H3. The Balaban J connectivity index is 2.51. The summed E-state index contributed by atoms with van der Waals surface area (Å²) in [4.78, 5) is 2.33. The van der Waals surface area contributed by atoms with Crippen LogP contribution in [0.2, 0.25) is 0 Å². The summed E-state index contributed by atoms with van der Waals surface area (Å²) < 4.78 is 5.40. The third kappa shape index (κ3) is 2.42. The minimum Gasteiger partial charge on any atom is -0.379 e. The van der Waals surface area contributed by atoms with Crippen molar-refractivity contribution >= 4 is 0 Å². The van der Waals surface area contributed by atoms with Gasteiger partial charge in [0.1, 0.15) is 0 Å². The fraction of sp³-hybridized carbons (Fsp3) is 1.00. The van der Waals surface area contributed by atoms with Gasteiger partial charge in [-0.25, -0.2) is 0 Å². The zero-order valence-electron chi connectivity index (χ0n) is 9.21. The van der Waals surface area contributed by atoms with Gasteiger partial charge in [-0.3, -0.25) is 0 Å². The van der Waals surface area contributed by atoms with Crippen LogP contribution in [0.15, 0.2) is 0 Å². The van der Waals surface area contributed by atoms with Crippen LogP contribution in [-0.4, -0.2) is 43.8 Å². The number of hydrogen-bond donors (Lipinski definition) is 1. The highest BCUT2D eigenvalue weighted by atomic mass is 16.5. The third-order valence-corrected chi connectivity index (χ3v) is 3.12. The summed E-state index contributed by atoms with van der Waals surface area (Å²) >= 11 is 0. The van der Waals surface area contributed by atoms with Crippen molar-refractivity contribution in [1.29, 1.82) is 0 Å². The fourth-order valence-electron chi connectivity index (χ4n) is 1.64. The molecule has 1 fully saturated rings. The SMILES string of the molecule is CC(C)N(C)CC1(C)COCC1N. The molecule has 1 rings (SSSR count). The first-order valence-corrected chi connectivity index (χ1v) is 4.99. The van der Waals surface area contributed by atoms with Crippen molar-refractivity contribution in [2.75, 3.05) is 26.8 Å². The van der Waals surface area contributed by atoms with Crippen LogP contribution < -0.4 is 5.73 Å². The molecule has 1 saturated heterocycles. The molecule has 78 valence electrons. The lowest BCUT2D eigenvalue weighted by Crippen LogP contribution is -2.47. The van der Waals surface area contributed by atoms with Gasteiger partial charge in [-0.15, -0.1) is 0 Å². The lowest BCUT2D eigenvalue weighted by molar-refractivity contribution is 0.118. The molecule has 2 unspecified atom stereocenters. The Morgan fingerprint density at radius 3 is 2.62 bits per heavy atom. The number of nitrogens with zero attached hydrogens (tertiary/aromatic N) is 1. The maximum absolute atomic E-state index is 6.01. The average molecular weight is 186 g/mol. The van der Waals surface area contributed by atoms with Crippen LogP contribution in [0.1, 0.15) is 20.8 Å². The molecule has 1 heterocycles. The molecule has 3 heteroatoms. The molecule has 0 bridgehead atoms. The Morgan fingerprint density at radius 1 is 1.62 bits per heavy atom. The third-order valence-electron chi connectivity index (χ3n) is 3.12. The van der Waals surface area contributed by atoms with Crippen LogP contribution in [0, 0.1) is 5.41 Å². The topological polar surface area (TPSA) is 38.5 Å². The Labute approximate surface area is 81.2 Å². The Bertz CT molecular complexity index is 172. The highest BCUT2D eigenvalue weighted by Gasteiger charge is 2.38. The molecule has 3 nitrogen and oxygen atoms in total. The predicted molar refractivity (Wildman–Crippen MR) is 54.7 cm³/mol. The van der Waals surface area contributed by atoms with Crippen LogP contribution in [-0.2, 0) is 4.74 Å². The molecule has 0 spiro atoms. The molecular weight excluding hydrogens is 164 g/mol. The molecule has 1 aliphatic heterocycles. The monoisotopic (exact) mass is 186 g/mol. The molecule has 0 radical (unpaired) electrons. The zero-order chi connectivity index (χ0) is 10.1. The Morgan fingerprint density at radius 2 is 2.23 bits per heavy atom. The van der Waals surface area contributed by atoms with Crippen molar-refractivity contribution in [1.82, 2.24) is 4.90 Å². The summed E-state index contributed by atoms with van der Waals surface area (Å²) in [6.45, 7) is 9.14. The number of nitrogens with two attached hydrogens (primary N) is 1. The molecule has 0 aromatic carbocycles. The maximum Gasteiger partial charge on any atom is 0.0624 e. The van der Waals surface area contributed by atoms with Gasteiger partial charge in [0.15, 0.2) is 0 Å². The van der Waals surface area contributed by atoms with E-state index in [1.54, 1.807) is 0 Å². The van der Waals surface area contributed by atoms with Gasteiger partial charge >= 0.3 is 0 Å². The largest absolute Gasteiger partial charge is 0.379 e. The lowest BCUT2D eigenvalue weighted by atomic mass is 9.85. The minimum atomic E-state index is 0.138. The first kappa shape index (κ1) is 11.0. The van der Waals surface area contributed by atoms with E-state index >= 15 is 0 Å². The van der Waals surface area contributed by atoms with Crippen molar-refractivity contribution in [3.8, 4) is 0 Å². The average Bonchev–Trinajstić information content (AvgIpc) is 2.32. The number of rotatable bonds is 3. The van der Waals surface area contributed by atoms with E-state index in [-0.39, 0.29) is 11.5 Å². The van der Waals surface area contributed by atoms with Gasteiger partial charge in [0.05, 0.1) is 13.2 Å². The van der Waals surface area contributed by atoms with E-state index < -0.39 is 0 Å². The van der Waals surface area contributed by atoms with Crippen LogP contribution in [0.4, 0.5) is 0 Å². The maximum atomic E-state index is 6.01. The van der Waals surface area contributed by atoms with Crippen LogP contribution >= 0.6 is 0 Å². The van der Waals surface area contributed by atoms with E-state index in [1.807, 2.05) is 0 Å². The van der Waals surface area contributed by atoms with E-state index in [1.165, 1.54) is 0 Å². The molecule has 0 aromatic heterocycles. The summed E-state index contributed by atoms with van der Waals surface area (Å²) in [7, 11) is 2.14. The van der Waals surface area contributed by atoms with Gasteiger partial charge in [0.25, 0.3) is 0 Å². The van der Waals surface area contributed by atoms with Crippen LogP contribution in [0.5, 0.6) is 0 Å². The smallest absolute Gasteiger partial charge is 0.0624 e. The van der Waals surface area contributed by atoms with Crippen LogP contribution in [0.25, 0.3) is 0 Å². The van der Waals surface area contributed by atoms with E-state index in [2.05, 4.69) is 32.7 Å². The zero-order valence-corrected chi connectivity index (χ0v) is 9.21. The normalized spacial score (nSPS) is 34.8. The molecule has 0 aromatic rings. The second-order valence-corrected chi connectivity index (χ2v) is 4.78. The molecule has 2 N–H and O–H groups in total.